The summed E-state index contributed by atoms with van der Waals surface area (Å²) in [5, 5.41) is 3.95. The van der Waals surface area contributed by atoms with Gasteiger partial charge in [0.25, 0.3) is 0 Å². The highest BCUT2D eigenvalue weighted by molar-refractivity contribution is 5.93. The average molecular weight is 336 g/mol. The van der Waals surface area contributed by atoms with Gasteiger partial charge in [-0.2, -0.15) is 0 Å². The SMILES string of the molecule is C#Cc1cccc(Nc2ncnc3cc(OC)c(OCC[18F])cc23)c1. The minimum absolute atomic E-state index is 0.0530. The van der Waals surface area contributed by atoms with Crippen molar-refractivity contribution in [2.75, 3.05) is 25.7 Å². The van der Waals surface area contributed by atoms with Crippen LogP contribution in [0.1, 0.15) is 5.56 Å². The van der Waals surface area contributed by atoms with Crippen molar-refractivity contribution in [2.24, 2.45) is 0 Å². The van der Waals surface area contributed by atoms with Crippen LogP contribution < -0.4 is 14.8 Å². The number of terminal acetylenes is 1. The number of nitrogens with zero attached hydrogens (tertiary/aromatic N) is 2. The summed E-state index contributed by atoms with van der Waals surface area (Å²) >= 11 is 0. The predicted molar refractivity (Wildman–Crippen MR) is 95.2 cm³/mol. The van der Waals surface area contributed by atoms with E-state index in [4.69, 9.17) is 15.9 Å². The molecule has 0 radical (unpaired) electrons. The zero-order valence-corrected chi connectivity index (χ0v) is 13.6. The van der Waals surface area contributed by atoms with Gasteiger partial charge in [-0.3, -0.25) is 0 Å². The minimum atomic E-state index is -0.587. The molecule has 0 atom stereocenters. The van der Waals surface area contributed by atoms with E-state index in [2.05, 4.69) is 21.2 Å². The Kier molecular flexibility index (Phi) is 4.95. The maximum atomic E-state index is 12.4. The van der Waals surface area contributed by atoms with E-state index < -0.39 is 6.67 Å². The minimum Gasteiger partial charge on any atom is -0.493 e. The number of aromatic nitrogens is 2. The monoisotopic (exact) mass is 336 g/mol. The number of methoxy groups -OCH3 is 1. The molecule has 1 heterocycles. The second-order valence-corrected chi connectivity index (χ2v) is 5.13. The molecule has 0 spiro atoms. The zero-order valence-electron chi connectivity index (χ0n) is 13.6. The average Bonchev–Trinajstić information content (AvgIpc) is 2.66. The quantitative estimate of drug-likeness (QED) is 0.696. The molecule has 0 bridgehead atoms. The van der Waals surface area contributed by atoms with Crippen LogP contribution in [0.3, 0.4) is 0 Å². The fourth-order valence-corrected chi connectivity index (χ4v) is 2.41. The first-order valence-electron chi connectivity index (χ1n) is 7.60. The second-order valence-electron chi connectivity index (χ2n) is 5.13. The Bertz CT molecular complexity index is 938. The van der Waals surface area contributed by atoms with Crippen molar-refractivity contribution in [3.8, 4) is 23.8 Å². The maximum Gasteiger partial charge on any atom is 0.162 e. The third-order valence-corrected chi connectivity index (χ3v) is 3.55. The molecule has 0 aliphatic heterocycles. The Labute approximate surface area is 144 Å². The van der Waals surface area contributed by atoms with Gasteiger partial charge in [0.1, 0.15) is 25.4 Å². The molecule has 1 N–H and O–H groups in total. The van der Waals surface area contributed by atoms with Crippen LogP contribution in [0, 0.1) is 12.3 Å². The Morgan fingerprint density at radius 2 is 2.08 bits per heavy atom. The normalized spacial score (nSPS) is 10.3. The third-order valence-electron chi connectivity index (χ3n) is 3.55. The van der Waals surface area contributed by atoms with Gasteiger partial charge in [-0.15, -0.1) is 6.42 Å². The Balaban J connectivity index is 2.04. The molecular weight excluding hydrogens is 320 g/mol. The molecular formula is C19H16FN3O2. The maximum absolute atomic E-state index is 12.4. The molecule has 0 fully saturated rings. The lowest BCUT2D eigenvalue weighted by Crippen LogP contribution is -2.02. The lowest BCUT2D eigenvalue weighted by atomic mass is 10.2. The summed E-state index contributed by atoms with van der Waals surface area (Å²) in [5.74, 6) is 4.10. The van der Waals surface area contributed by atoms with Crippen LogP contribution in [-0.4, -0.2) is 30.4 Å². The van der Waals surface area contributed by atoms with E-state index in [9.17, 15) is 4.39 Å². The molecule has 3 aromatic rings. The fourth-order valence-electron chi connectivity index (χ4n) is 2.41. The number of fused-ring (bicyclic) bond motifs is 1. The number of alkyl halides is 1. The summed E-state index contributed by atoms with van der Waals surface area (Å²) in [4.78, 5) is 8.54. The van der Waals surface area contributed by atoms with Crippen molar-refractivity contribution in [1.82, 2.24) is 9.97 Å². The smallest absolute Gasteiger partial charge is 0.162 e. The number of nitrogens with one attached hydrogen (secondary N) is 1. The molecule has 0 aliphatic rings. The number of rotatable bonds is 6. The van der Waals surface area contributed by atoms with Crippen LogP contribution in [0.25, 0.3) is 10.9 Å². The summed E-state index contributed by atoms with van der Waals surface area (Å²) in [6, 6.07) is 10.9. The first-order chi connectivity index (χ1) is 12.2. The standard InChI is InChI=1S/C19H16FN3O2/c1-3-13-5-4-6-14(9-13)23-19-15-10-18(25-8-7-20)17(24-2)11-16(15)21-12-22-19/h1,4-6,9-12H,7-8H2,2H3,(H,21,22,23)/i20-1. The van der Waals surface area contributed by atoms with E-state index in [1.807, 2.05) is 24.3 Å². The summed E-state index contributed by atoms with van der Waals surface area (Å²) in [5.41, 5.74) is 2.24. The molecule has 0 unspecified atom stereocenters. The molecule has 3 rings (SSSR count). The highest BCUT2D eigenvalue weighted by Crippen LogP contribution is 2.34. The van der Waals surface area contributed by atoms with E-state index in [0.717, 1.165) is 16.6 Å². The largest absolute Gasteiger partial charge is 0.493 e. The van der Waals surface area contributed by atoms with Gasteiger partial charge in [0.2, 0.25) is 0 Å². The molecule has 126 valence electrons. The highest BCUT2D eigenvalue weighted by atomic mass is 18.2. The summed E-state index contributed by atoms with van der Waals surface area (Å²) in [6.45, 7) is -0.640. The topological polar surface area (TPSA) is 56.3 Å². The first-order valence-corrected chi connectivity index (χ1v) is 7.60. The molecule has 0 amide bonds. The van der Waals surface area contributed by atoms with Gasteiger partial charge < -0.3 is 14.8 Å². The number of benzene rings is 2. The number of hydrogen-bond acceptors (Lipinski definition) is 5. The fraction of sp³-hybridized carbons (Fsp3) is 0.158. The first kappa shape index (κ1) is 16.5. The van der Waals surface area contributed by atoms with Crippen LogP contribution >= 0.6 is 0 Å². The molecule has 1 aromatic heterocycles. The number of halogens is 1. The Morgan fingerprint density at radius 3 is 2.84 bits per heavy atom. The number of anilines is 2. The predicted octanol–water partition coefficient (Wildman–Crippen LogP) is 3.71. The van der Waals surface area contributed by atoms with Crippen molar-refractivity contribution in [1.29, 1.82) is 0 Å². The lowest BCUT2D eigenvalue weighted by Gasteiger charge is -2.13. The third kappa shape index (κ3) is 3.61. The molecule has 6 heteroatoms. The van der Waals surface area contributed by atoms with Crippen molar-refractivity contribution in [3.05, 3.63) is 48.3 Å². The summed E-state index contributed by atoms with van der Waals surface area (Å²) in [6.07, 6.45) is 6.89. The van der Waals surface area contributed by atoms with Crippen LogP contribution in [0.5, 0.6) is 11.5 Å². The summed E-state index contributed by atoms with van der Waals surface area (Å²) < 4.78 is 23.2. The van der Waals surface area contributed by atoms with Gasteiger partial charge in [-0.25, -0.2) is 14.4 Å². The van der Waals surface area contributed by atoms with E-state index in [1.165, 1.54) is 13.4 Å². The van der Waals surface area contributed by atoms with Crippen LogP contribution in [-0.2, 0) is 0 Å². The van der Waals surface area contributed by atoms with Crippen molar-refractivity contribution in [2.45, 2.75) is 0 Å². The van der Waals surface area contributed by atoms with Crippen LogP contribution in [0.2, 0.25) is 0 Å². The van der Waals surface area contributed by atoms with Crippen molar-refractivity contribution >= 4 is 22.4 Å². The molecule has 0 aliphatic carbocycles. The molecule has 0 saturated carbocycles. The van der Waals surface area contributed by atoms with Gasteiger partial charge in [-0.1, -0.05) is 12.0 Å². The molecule has 25 heavy (non-hydrogen) atoms. The lowest BCUT2D eigenvalue weighted by molar-refractivity contribution is 0.260. The van der Waals surface area contributed by atoms with Crippen LogP contribution in [0.4, 0.5) is 15.9 Å². The zero-order chi connectivity index (χ0) is 17.6. The van der Waals surface area contributed by atoms with Gasteiger partial charge in [0, 0.05) is 22.7 Å². The molecule has 5 nitrogen and oxygen atoms in total. The van der Waals surface area contributed by atoms with E-state index in [1.54, 1.807) is 12.1 Å². The molecule has 0 saturated heterocycles. The van der Waals surface area contributed by atoms with Gasteiger partial charge >= 0.3 is 0 Å². The van der Waals surface area contributed by atoms with Crippen molar-refractivity contribution < 1.29 is 13.9 Å². The van der Waals surface area contributed by atoms with E-state index in [-0.39, 0.29) is 6.61 Å². The highest BCUT2D eigenvalue weighted by Gasteiger charge is 2.12. The van der Waals surface area contributed by atoms with Gasteiger partial charge in [0.05, 0.1) is 12.6 Å². The number of ether oxygens (including phenoxy) is 2. The Hall–Kier alpha value is -3.33. The Morgan fingerprint density at radius 1 is 1.20 bits per heavy atom. The van der Waals surface area contributed by atoms with Gasteiger partial charge in [-0.05, 0) is 24.3 Å². The molecule has 2 aromatic carbocycles. The summed E-state index contributed by atoms with van der Waals surface area (Å²) in [7, 11) is 1.52. The van der Waals surface area contributed by atoms with Crippen LogP contribution in [0.15, 0.2) is 42.7 Å². The number of hydrogen-bond donors (Lipinski definition) is 1. The van der Waals surface area contributed by atoms with E-state index in [0.29, 0.717) is 22.8 Å². The van der Waals surface area contributed by atoms with E-state index >= 15 is 0 Å². The van der Waals surface area contributed by atoms with Gasteiger partial charge in [0.15, 0.2) is 11.5 Å². The second kappa shape index (κ2) is 7.49. The van der Waals surface area contributed by atoms with Crippen molar-refractivity contribution in [3.63, 3.8) is 0 Å².